The Hall–Kier alpha value is -2.94. The second-order valence-electron chi connectivity index (χ2n) is 5.54. The lowest BCUT2D eigenvalue weighted by molar-refractivity contribution is 0.0993. The van der Waals surface area contributed by atoms with Crippen LogP contribution in [0, 0.1) is 6.92 Å². The number of nitrogens with zero attached hydrogens (tertiary/aromatic N) is 1. The topological polar surface area (TPSA) is 42.0 Å². The third-order valence-electron chi connectivity index (χ3n) is 3.58. The first-order valence-corrected chi connectivity index (χ1v) is 7.56. The van der Waals surface area contributed by atoms with Crippen molar-refractivity contribution >= 4 is 17.2 Å². The Morgan fingerprint density at radius 2 is 1.83 bits per heavy atom. The number of hydrogen-bond donors (Lipinski definition) is 1. The van der Waals surface area contributed by atoms with Crippen molar-refractivity contribution in [2.24, 2.45) is 0 Å². The van der Waals surface area contributed by atoms with E-state index in [1.807, 2.05) is 67.6 Å². The molecule has 0 aliphatic carbocycles. The highest BCUT2D eigenvalue weighted by atomic mass is 16.1. The lowest BCUT2D eigenvalue weighted by atomic mass is 10.0. The van der Waals surface area contributed by atoms with Gasteiger partial charge < -0.3 is 5.32 Å². The molecule has 1 heterocycles. The summed E-state index contributed by atoms with van der Waals surface area (Å²) in [6.07, 6.45) is 3.90. The molecule has 0 saturated carbocycles. The fraction of sp³-hybridized carbons (Fsp3) is 0.100. The second kappa shape index (κ2) is 6.88. The number of carbonyl (C=O) groups excluding carboxylic acids is 1. The van der Waals surface area contributed by atoms with E-state index in [0.717, 1.165) is 28.1 Å². The minimum atomic E-state index is 0.132. The van der Waals surface area contributed by atoms with Crippen LogP contribution in [-0.4, -0.2) is 10.8 Å². The first-order valence-electron chi connectivity index (χ1n) is 7.56. The van der Waals surface area contributed by atoms with E-state index in [1.165, 1.54) is 0 Å². The maximum absolute atomic E-state index is 12.4. The monoisotopic (exact) mass is 302 g/mol. The van der Waals surface area contributed by atoms with Crippen LogP contribution in [0.25, 0.3) is 0 Å². The number of pyridine rings is 1. The number of rotatable bonds is 5. The van der Waals surface area contributed by atoms with Gasteiger partial charge in [-0.2, -0.15) is 0 Å². The van der Waals surface area contributed by atoms with Crippen molar-refractivity contribution in [1.82, 2.24) is 4.98 Å². The Kier molecular flexibility index (Phi) is 4.48. The number of aromatic nitrogens is 1. The number of carbonyl (C=O) groups is 1. The number of anilines is 2. The van der Waals surface area contributed by atoms with Gasteiger partial charge in [0.1, 0.15) is 0 Å². The Labute approximate surface area is 136 Å². The second-order valence-corrected chi connectivity index (χ2v) is 5.54. The van der Waals surface area contributed by atoms with Gasteiger partial charge >= 0.3 is 0 Å². The standard InChI is InChI=1S/C20H18N2O/c1-15-5-2-7-17(11-15)20(23)13-16-6-3-8-18(12-16)22-19-9-4-10-21-14-19/h2-12,14,22H,13H2,1H3. The van der Waals surface area contributed by atoms with E-state index in [1.54, 1.807) is 12.4 Å². The summed E-state index contributed by atoms with van der Waals surface area (Å²) in [6, 6.07) is 19.5. The first-order chi connectivity index (χ1) is 11.2. The van der Waals surface area contributed by atoms with E-state index in [9.17, 15) is 4.79 Å². The normalized spacial score (nSPS) is 10.3. The molecular formula is C20H18N2O. The van der Waals surface area contributed by atoms with E-state index >= 15 is 0 Å². The number of ketones is 1. The van der Waals surface area contributed by atoms with Crippen molar-refractivity contribution in [2.45, 2.75) is 13.3 Å². The summed E-state index contributed by atoms with van der Waals surface area (Å²) in [5.74, 6) is 0.132. The van der Waals surface area contributed by atoms with Gasteiger partial charge in [-0.3, -0.25) is 9.78 Å². The molecule has 3 rings (SSSR count). The van der Waals surface area contributed by atoms with Crippen molar-refractivity contribution in [1.29, 1.82) is 0 Å². The highest BCUT2D eigenvalue weighted by molar-refractivity contribution is 5.97. The molecule has 3 nitrogen and oxygen atoms in total. The molecule has 2 aromatic carbocycles. The minimum Gasteiger partial charge on any atom is -0.354 e. The van der Waals surface area contributed by atoms with Gasteiger partial charge in [0.15, 0.2) is 5.78 Å². The highest BCUT2D eigenvalue weighted by Gasteiger charge is 2.07. The summed E-state index contributed by atoms with van der Waals surface area (Å²) in [4.78, 5) is 16.5. The van der Waals surface area contributed by atoms with Crippen molar-refractivity contribution in [3.8, 4) is 0 Å². The molecule has 0 radical (unpaired) electrons. The van der Waals surface area contributed by atoms with Crippen molar-refractivity contribution in [3.63, 3.8) is 0 Å². The molecule has 1 aromatic heterocycles. The predicted molar refractivity (Wildman–Crippen MR) is 93.2 cm³/mol. The van der Waals surface area contributed by atoms with Crippen molar-refractivity contribution in [2.75, 3.05) is 5.32 Å². The molecule has 1 N–H and O–H groups in total. The molecule has 0 unspecified atom stereocenters. The van der Waals surface area contributed by atoms with Gasteiger partial charge in [-0.1, -0.05) is 35.9 Å². The maximum Gasteiger partial charge on any atom is 0.167 e. The molecule has 0 fully saturated rings. The number of Topliss-reactive ketones (excluding diaryl/α,β-unsaturated/α-hetero) is 1. The molecule has 3 aromatic rings. The van der Waals surface area contributed by atoms with E-state index < -0.39 is 0 Å². The SMILES string of the molecule is Cc1cccc(C(=O)Cc2cccc(Nc3cccnc3)c2)c1. The Morgan fingerprint density at radius 3 is 2.61 bits per heavy atom. The summed E-state index contributed by atoms with van der Waals surface area (Å²) in [6.45, 7) is 2.00. The molecule has 0 spiro atoms. The maximum atomic E-state index is 12.4. The number of hydrogen-bond acceptors (Lipinski definition) is 3. The van der Waals surface area contributed by atoms with Gasteiger partial charge in [0.25, 0.3) is 0 Å². The molecule has 0 aliphatic rings. The van der Waals surface area contributed by atoms with Crippen LogP contribution in [0.1, 0.15) is 21.5 Å². The fourth-order valence-corrected chi connectivity index (χ4v) is 2.47. The zero-order chi connectivity index (χ0) is 16.1. The van der Waals surface area contributed by atoms with Gasteiger partial charge in [0, 0.05) is 23.9 Å². The Bertz CT molecular complexity index is 813. The van der Waals surface area contributed by atoms with E-state index in [-0.39, 0.29) is 5.78 Å². The number of nitrogens with one attached hydrogen (secondary N) is 1. The van der Waals surface area contributed by atoms with Gasteiger partial charge in [-0.05, 0) is 42.8 Å². The summed E-state index contributed by atoms with van der Waals surface area (Å²) in [5, 5.41) is 3.29. The fourth-order valence-electron chi connectivity index (χ4n) is 2.47. The van der Waals surface area contributed by atoms with Gasteiger partial charge in [0.2, 0.25) is 0 Å². The van der Waals surface area contributed by atoms with Crippen LogP contribution in [0.3, 0.4) is 0 Å². The van der Waals surface area contributed by atoms with E-state index in [2.05, 4.69) is 10.3 Å². The highest BCUT2D eigenvalue weighted by Crippen LogP contribution is 2.18. The zero-order valence-corrected chi connectivity index (χ0v) is 13.0. The minimum absolute atomic E-state index is 0.132. The van der Waals surface area contributed by atoms with E-state index in [4.69, 9.17) is 0 Å². The molecule has 0 aliphatic heterocycles. The van der Waals surface area contributed by atoms with Crippen LogP contribution in [0.5, 0.6) is 0 Å². The van der Waals surface area contributed by atoms with Gasteiger partial charge in [-0.25, -0.2) is 0 Å². The lowest BCUT2D eigenvalue weighted by Gasteiger charge is -2.08. The molecule has 23 heavy (non-hydrogen) atoms. The van der Waals surface area contributed by atoms with Gasteiger partial charge in [-0.15, -0.1) is 0 Å². The molecule has 0 saturated heterocycles. The number of benzene rings is 2. The van der Waals surface area contributed by atoms with Crippen LogP contribution < -0.4 is 5.32 Å². The summed E-state index contributed by atoms with van der Waals surface area (Å²) < 4.78 is 0. The van der Waals surface area contributed by atoms with Crippen LogP contribution in [0.2, 0.25) is 0 Å². The average molecular weight is 302 g/mol. The van der Waals surface area contributed by atoms with Crippen LogP contribution in [0.15, 0.2) is 73.1 Å². The molecule has 0 amide bonds. The molecule has 114 valence electrons. The summed E-state index contributed by atoms with van der Waals surface area (Å²) in [7, 11) is 0. The molecular weight excluding hydrogens is 284 g/mol. The average Bonchev–Trinajstić information content (AvgIpc) is 2.56. The van der Waals surface area contributed by atoms with E-state index in [0.29, 0.717) is 6.42 Å². The van der Waals surface area contributed by atoms with Gasteiger partial charge in [0.05, 0.1) is 11.9 Å². The molecule has 3 heteroatoms. The summed E-state index contributed by atoms with van der Waals surface area (Å²) in [5.41, 5.74) is 4.73. The Morgan fingerprint density at radius 1 is 1.00 bits per heavy atom. The van der Waals surface area contributed by atoms with Crippen LogP contribution in [-0.2, 0) is 6.42 Å². The van der Waals surface area contributed by atoms with Crippen molar-refractivity contribution in [3.05, 3.63) is 89.7 Å². The third kappa shape index (κ3) is 4.04. The lowest BCUT2D eigenvalue weighted by Crippen LogP contribution is -2.04. The largest absolute Gasteiger partial charge is 0.354 e. The zero-order valence-electron chi connectivity index (χ0n) is 13.0. The first kappa shape index (κ1) is 15.0. The Balaban J connectivity index is 1.74. The van der Waals surface area contributed by atoms with Crippen LogP contribution in [0.4, 0.5) is 11.4 Å². The summed E-state index contributed by atoms with van der Waals surface area (Å²) >= 11 is 0. The van der Waals surface area contributed by atoms with Crippen LogP contribution >= 0.6 is 0 Å². The number of aryl methyl sites for hydroxylation is 1. The molecule has 0 atom stereocenters. The predicted octanol–water partition coefficient (Wildman–Crippen LogP) is 4.56. The smallest absolute Gasteiger partial charge is 0.167 e. The van der Waals surface area contributed by atoms with Crippen molar-refractivity contribution < 1.29 is 4.79 Å². The quantitative estimate of drug-likeness (QED) is 0.703. The molecule has 0 bridgehead atoms. The third-order valence-corrected chi connectivity index (χ3v) is 3.58.